The van der Waals surface area contributed by atoms with E-state index in [4.69, 9.17) is 21.1 Å². The van der Waals surface area contributed by atoms with Gasteiger partial charge in [0.25, 0.3) is 0 Å². The van der Waals surface area contributed by atoms with Gasteiger partial charge in [0.05, 0.1) is 13.7 Å². The number of ether oxygens (including phenoxy) is 2. The van der Waals surface area contributed by atoms with Crippen LogP contribution in [-0.4, -0.2) is 27.0 Å². The molecule has 1 aromatic heterocycles. The van der Waals surface area contributed by atoms with Crippen molar-refractivity contribution in [2.75, 3.05) is 7.11 Å². The van der Waals surface area contributed by atoms with Gasteiger partial charge in [0, 0.05) is 23.7 Å². The average Bonchev–Trinajstić information content (AvgIpc) is 2.76. The summed E-state index contributed by atoms with van der Waals surface area (Å²) in [6.07, 6.45) is 0. The van der Waals surface area contributed by atoms with Crippen molar-refractivity contribution >= 4 is 11.6 Å². The minimum Gasteiger partial charge on any atom is -0.493 e. The Balaban J connectivity index is 2.26. The van der Waals surface area contributed by atoms with E-state index in [1.54, 1.807) is 12.1 Å². The van der Waals surface area contributed by atoms with Gasteiger partial charge in [-0.2, -0.15) is 0 Å². The summed E-state index contributed by atoms with van der Waals surface area (Å²) in [7, 11) is 3.38. The molecule has 7 heteroatoms. The molecule has 6 nitrogen and oxygen atoms in total. The number of benzene rings is 1. The van der Waals surface area contributed by atoms with E-state index in [9.17, 15) is 5.11 Å². The molecule has 0 atom stereocenters. The summed E-state index contributed by atoms with van der Waals surface area (Å²) in [5.74, 6) is 2.41. The van der Waals surface area contributed by atoms with E-state index >= 15 is 0 Å². The maximum absolute atomic E-state index is 9.39. The molecule has 0 aliphatic carbocycles. The van der Waals surface area contributed by atoms with Gasteiger partial charge in [-0.1, -0.05) is 11.6 Å². The van der Waals surface area contributed by atoms with Gasteiger partial charge in [0.1, 0.15) is 12.4 Å². The summed E-state index contributed by atoms with van der Waals surface area (Å²) in [4.78, 5) is 0. The predicted molar refractivity (Wildman–Crippen MR) is 74.0 cm³/mol. The number of nitrogens with zero attached hydrogens (tertiary/aromatic N) is 3. The molecule has 2 rings (SSSR count). The molecule has 0 spiro atoms. The highest BCUT2D eigenvalue weighted by Gasteiger charge is 2.14. The first-order valence-corrected chi connectivity index (χ1v) is 6.39. The van der Waals surface area contributed by atoms with Gasteiger partial charge in [-0.3, -0.25) is 0 Å². The van der Waals surface area contributed by atoms with Crippen LogP contribution in [0.2, 0.25) is 5.02 Å². The summed E-state index contributed by atoms with van der Waals surface area (Å²) < 4.78 is 12.8. The van der Waals surface area contributed by atoms with Crippen molar-refractivity contribution in [3.63, 3.8) is 0 Å². The minimum atomic E-state index is -0.190. The van der Waals surface area contributed by atoms with Crippen molar-refractivity contribution in [1.29, 1.82) is 0 Å². The Morgan fingerprint density at radius 2 is 2.10 bits per heavy atom. The van der Waals surface area contributed by atoms with Crippen molar-refractivity contribution in [2.24, 2.45) is 7.05 Å². The number of hydrogen-bond acceptors (Lipinski definition) is 5. The molecule has 1 heterocycles. The van der Waals surface area contributed by atoms with E-state index in [1.807, 2.05) is 18.5 Å². The van der Waals surface area contributed by atoms with Crippen molar-refractivity contribution in [2.45, 2.75) is 20.1 Å². The molecule has 0 saturated carbocycles. The summed E-state index contributed by atoms with van der Waals surface area (Å²) in [6.45, 7) is 1.89. The van der Waals surface area contributed by atoms with Crippen molar-refractivity contribution in [3.05, 3.63) is 34.4 Å². The second-order valence-corrected chi connectivity index (χ2v) is 4.70. The molecule has 0 fully saturated rings. The fourth-order valence-corrected chi connectivity index (χ4v) is 2.00. The van der Waals surface area contributed by atoms with E-state index in [1.165, 1.54) is 7.11 Å². The normalized spacial score (nSPS) is 10.7. The highest BCUT2D eigenvalue weighted by molar-refractivity contribution is 6.30. The molecule has 0 aliphatic heterocycles. The highest BCUT2D eigenvalue weighted by Crippen LogP contribution is 2.35. The zero-order valence-electron chi connectivity index (χ0n) is 11.6. The summed E-state index contributed by atoms with van der Waals surface area (Å²) >= 11 is 5.95. The number of aryl methyl sites for hydroxylation is 1. The van der Waals surface area contributed by atoms with Crippen LogP contribution in [0.1, 0.15) is 17.2 Å². The van der Waals surface area contributed by atoms with Crippen LogP contribution >= 0.6 is 11.6 Å². The lowest BCUT2D eigenvalue weighted by molar-refractivity contribution is 0.244. The van der Waals surface area contributed by atoms with Crippen molar-refractivity contribution < 1.29 is 14.6 Å². The van der Waals surface area contributed by atoms with Crippen LogP contribution in [0.3, 0.4) is 0 Å². The predicted octanol–water partition coefficient (Wildman–Crippen LogP) is 1.86. The van der Waals surface area contributed by atoms with Gasteiger partial charge in [-0.05, 0) is 13.0 Å². The van der Waals surface area contributed by atoms with Crippen LogP contribution in [0.4, 0.5) is 0 Å². The maximum atomic E-state index is 9.39. The number of aromatic nitrogens is 3. The number of halogens is 1. The molecular weight excluding hydrogens is 282 g/mol. The zero-order chi connectivity index (χ0) is 14.7. The topological polar surface area (TPSA) is 69.4 Å². The van der Waals surface area contributed by atoms with E-state index in [0.717, 1.165) is 5.82 Å². The van der Waals surface area contributed by atoms with Gasteiger partial charge in [0.2, 0.25) is 0 Å². The minimum absolute atomic E-state index is 0.190. The Labute approximate surface area is 121 Å². The van der Waals surface area contributed by atoms with Crippen LogP contribution in [0.15, 0.2) is 12.1 Å². The van der Waals surface area contributed by atoms with Crippen molar-refractivity contribution in [1.82, 2.24) is 14.8 Å². The summed E-state index contributed by atoms with van der Waals surface area (Å²) in [5, 5.41) is 17.8. The number of rotatable bonds is 5. The van der Waals surface area contributed by atoms with E-state index < -0.39 is 0 Å². The van der Waals surface area contributed by atoms with Gasteiger partial charge in [-0.15, -0.1) is 10.2 Å². The standard InChI is InChI=1S/C13H16ClN3O3/c1-8-15-16-12(17(8)2)7-20-13-9(6-18)4-10(14)5-11(13)19-3/h4-5,18H,6-7H2,1-3H3. The summed E-state index contributed by atoms with van der Waals surface area (Å²) in [6, 6.07) is 3.28. The number of hydrogen-bond donors (Lipinski definition) is 1. The smallest absolute Gasteiger partial charge is 0.170 e. The number of methoxy groups -OCH3 is 1. The average molecular weight is 298 g/mol. The number of aliphatic hydroxyl groups is 1. The molecule has 1 aromatic carbocycles. The maximum Gasteiger partial charge on any atom is 0.170 e. The van der Waals surface area contributed by atoms with E-state index in [2.05, 4.69) is 10.2 Å². The lowest BCUT2D eigenvalue weighted by atomic mass is 10.2. The lowest BCUT2D eigenvalue weighted by Gasteiger charge is -2.14. The quantitative estimate of drug-likeness (QED) is 0.912. The second-order valence-electron chi connectivity index (χ2n) is 4.27. The lowest BCUT2D eigenvalue weighted by Crippen LogP contribution is -2.06. The molecule has 20 heavy (non-hydrogen) atoms. The Kier molecular flexibility index (Phi) is 4.46. The number of aliphatic hydroxyl groups excluding tert-OH is 1. The van der Waals surface area contributed by atoms with Gasteiger partial charge >= 0.3 is 0 Å². The fraction of sp³-hybridized carbons (Fsp3) is 0.385. The van der Waals surface area contributed by atoms with Crippen molar-refractivity contribution in [3.8, 4) is 11.5 Å². The Bertz CT molecular complexity index is 588. The SMILES string of the molecule is COc1cc(Cl)cc(CO)c1OCc1nnc(C)n1C. The van der Waals surface area contributed by atoms with Crippen LogP contribution in [0.5, 0.6) is 11.5 Å². The van der Waals surface area contributed by atoms with Crippen LogP contribution in [-0.2, 0) is 20.3 Å². The third-order valence-corrected chi connectivity index (χ3v) is 3.23. The van der Waals surface area contributed by atoms with Gasteiger partial charge in [0.15, 0.2) is 17.3 Å². The third-order valence-electron chi connectivity index (χ3n) is 3.02. The Morgan fingerprint density at radius 3 is 2.65 bits per heavy atom. The van der Waals surface area contributed by atoms with Crippen LogP contribution in [0.25, 0.3) is 0 Å². The molecule has 0 radical (unpaired) electrons. The first kappa shape index (κ1) is 14.6. The first-order chi connectivity index (χ1) is 9.56. The zero-order valence-corrected chi connectivity index (χ0v) is 12.3. The monoisotopic (exact) mass is 297 g/mol. The Hall–Kier alpha value is -1.79. The van der Waals surface area contributed by atoms with Crippen LogP contribution < -0.4 is 9.47 Å². The molecule has 108 valence electrons. The second kappa shape index (κ2) is 6.11. The van der Waals surface area contributed by atoms with Gasteiger partial charge in [-0.25, -0.2) is 0 Å². The molecule has 0 unspecified atom stereocenters. The summed E-state index contributed by atoms with van der Waals surface area (Å²) in [5.41, 5.74) is 0.563. The van der Waals surface area contributed by atoms with Gasteiger partial charge < -0.3 is 19.1 Å². The molecule has 0 bridgehead atoms. The third kappa shape index (κ3) is 2.86. The first-order valence-electron chi connectivity index (χ1n) is 6.01. The molecular formula is C13H16ClN3O3. The Morgan fingerprint density at radius 1 is 1.35 bits per heavy atom. The van der Waals surface area contributed by atoms with E-state index in [-0.39, 0.29) is 13.2 Å². The molecule has 1 N–H and O–H groups in total. The molecule has 0 aliphatic rings. The highest BCUT2D eigenvalue weighted by atomic mass is 35.5. The largest absolute Gasteiger partial charge is 0.493 e. The van der Waals surface area contributed by atoms with E-state index in [0.29, 0.717) is 27.9 Å². The molecule has 2 aromatic rings. The van der Waals surface area contributed by atoms with Crippen LogP contribution in [0, 0.1) is 6.92 Å². The molecule has 0 saturated heterocycles. The fourth-order valence-electron chi connectivity index (χ4n) is 1.77. The molecule has 0 amide bonds.